The van der Waals surface area contributed by atoms with Crippen molar-refractivity contribution >= 4 is 30.9 Å². The molecule has 0 spiro atoms. The van der Waals surface area contributed by atoms with E-state index in [4.69, 9.17) is 19.9 Å². The standard InChI is InChI=1S/C17H26N5O8P/c1-9(2)29-15(24)28-5-10(31(25,26)27)30-17(6-16(17,3)4)7-22-8-19-11-12(22)20-14(18)21-13(11)23/h8-10H,5-7H2,1-4H3,(H2,25,26,27)(H3,18,20,21,23). The third kappa shape index (κ3) is 4.90. The van der Waals surface area contributed by atoms with E-state index in [1.165, 1.54) is 6.33 Å². The van der Waals surface area contributed by atoms with E-state index in [1.54, 1.807) is 18.4 Å². The van der Waals surface area contributed by atoms with Gasteiger partial charge in [-0.15, -0.1) is 0 Å². The summed E-state index contributed by atoms with van der Waals surface area (Å²) in [4.78, 5) is 53.7. The number of carbonyl (C=O) groups is 1. The van der Waals surface area contributed by atoms with Crippen LogP contribution in [-0.4, -0.2) is 59.6 Å². The van der Waals surface area contributed by atoms with Gasteiger partial charge in [0, 0.05) is 0 Å². The second kappa shape index (κ2) is 7.90. The van der Waals surface area contributed by atoms with Crippen LogP contribution in [0.4, 0.5) is 10.7 Å². The highest BCUT2D eigenvalue weighted by Crippen LogP contribution is 2.62. The Balaban J connectivity index is 1.84. The fourth-order valence-electron chi connectivity index (χ4n) is 3.37. The number of aromatic nitrogens is 4. The molecule has 2 aromatic rings. The van der Waals surface area contributed by atoms with E-state index in [9.17, 15) is 23.9 Å². The molecule has 13 nitrogen and oxygen atoms in total. The summed E-state index contributed by atoms with van der Waals surface area (Å²) < 4.78 is 29.1. The van der Waals surface area contributed by atoms with Crippen molar-refractivity contribution in [1.29, 1.82) is 0 Å². The van der Waals surface area contributed by atoms with E-state index in [0.29, 0.717) is 6.42 Å². The van der Waals surface area contributed by atoms with Gasteiger partial charge in [0.15, 0.2) is 17.0 Å². The lowest BCUT2D eigenvalue weighted by molar-refractivity contribution is -0.0632. The number of nitrogens with two attached hydrogens (primary N) is 1. The van der Waals surface area contributed by atoms with Crippen molar-refractivity contribution in [3.8, 4) is 0 Å². The molecule has 0 aromatic carbocycles. The molecule has 0 radical (unpaired) electrons. The van der Waals surface area contributed by atoms with E-state index >= 15 is 0 Å². The lowest BCUT2D eigenvalue weighted by Crippen LogP contribution is -2.35. The summed E-state index contributed by atoms with van der Waals surface area (Å²) >= 11 is 0. The number of H-pyrrole nitrogens is 1. The molecule has 1 saturated carbocycles. The average Bonchev–Trinajstić information content (AvgIpc) is 2.91. The monoisotopic (exact) mass is 459 g/mol. The van der Waals surface area contributed by atoms with Gasteiger partial charge in [0.05, 0.1) is 24.6 Å². The molecule has 2 atom stereocenters. The van der Waals surface area contributed by atoms with Crippen molar-refractivity contribution in [1.82, 2.24) is 19.5 Å². The molecule has 31 heavy (non-hydrogen) atoms. The van der Waals surface area contributed by atoms with Crippen molar-refractivity contribution in [2.75, 3.05) is 12.3 Å². The predicted molar refractivity (Wildman–Crippen MR) is 108 cm³/mol. The largest absolute Gasteiger partial charge is 0.508 e. The number of hydrogen-bond acceptors (Lipinski definition) is 9. The Morgan fingerprint density at radius 3 is 2.61 bits per heavy atom. The summed E-state index contributed by atoms with van der Waals surface area (Å²) in [5, 5.41) is 0. The van der Waals surface area contributed by atoms with Gasteiger partial charge >= 0.3 is 13.8 Å². The van der Waals surface area contributed by atoms with Crippen LogP contribution in [0.2, 0.25) is 0 Å². The second-order valence-electron chi connectivity index (χ2n) is 8.44. The SMILES string of the molecule is CC(C)OC(=O)OCC(OC1(Cn2cnc3c(=O)[nH]c(N)nc32)CC1(C)C)P(=O)(O)O. The first-order valence-electron chi connectivity index (χ1n) is 9.51. The Kier molecular flexibility index (Phi) is 5.91. The number of imidazole rings is 1. The van der Waals surface area contributed by atoms with Crippen molar-refractivity contribution in [2.45, 2.75) is 58.2 Å². The van der Waals surface area contributed by atoms with E-state index in [2.05, 4.69) is 15.0 Å². The number of fused-ring (bicyclic) bond motifs is 1. The topological polar surface area (TPSA) is 192 Å². The maximum absolute atomic E-state index is 12.0. The van der Waals surface area contributed by atoms with Crippen molar-refractivity contribution in [3.05, 3.63) is 16.7 Å². The Morgan fingerprint density at radius 2 is 2.06 bits per heavy atom. The van der Waals surface area contributed by atoms with E-state index in [1.807, 2.05) is 13.8 Å². The van der Waals surface area contributed by atoms with Crippen LogP contribution >= 0.6 is 7.60 Å². The highest BCUT2D eigenvalue weighted by atomic mass is 31.2. The molecule has 1 aliphatic carbocycles. The average molecular weight is 459 g/mol. The zero-order valence-corrected chi connectivity index (χ0v) is 18.5. The summed E-state index contributed by atoms with van der Waals surface area (Å²) in [6, 6.07) is 0. The van der Waals surface area contributed by atoms with E-state index < -0.39 is 48.9 Å². The molecule has 0 amide bonds. The molecule has 1 aliphatic rings. The summed E-state index contributed by atoms with van der Waals surface area (Å²) in [6.07, 6.45) is 0.328. The van der Waals surface area contributed by atoms with Gasteiger partial charge in [0.1, 0.15) is 6.61 Å². The number of nitrogen functional groups attached to an aromatic ring is 1. The molecule has 0 bridgehead atoms. The summed E-state index contributed by atoms with van der Waals surface area (Å²) in [7, 11) is -4.80. The maximum Gasteiger partial charge on any atom is 0.508 e. The molecule has 2 heterocycles. The maximum atomic E-state index is 12.0. The van der Waals surface area contributed by atoms with Gasteiger partial charge in [-0.25, -0.2) is 9.78 Å². The number of ether oxygens (including phenoxy) is 3. The molecular formula is C17H26N5O8P. The predicted octanol–water partition coefficient (Wildman–Crippen LogP) is 0.953. The molecule has 2 unspecified atom stereocenters. The first-order valence-corrected chi connectivity index (χ1v) is 11.2. The Bertz CT molecular complexity index is 1090. The number of nitrogens with one attached hydrogen (secondary N) is 1. The van der Waals surface area contributed by atoms with E-state index in [0.717, 1.165) is 0 Å². The molecule has 172 valence electrons. The normalized spacial score (nSPS) is 21.3. The minimum absolute atomic E-state index is 0.0779. The first kappa shape index (κ1) is 23.2. The Morgan fingerprint density at radius 1 is 1.42 bits per heavy atom. The van der Waals surface area contributed by atoms with Crippen LogP contribution in [0.5, 0.6) is 0 Å². The van der Waals surface area contributed by atoms with Gasteiger partial charge in [-0.05, 0) is 25.7 Å². The molecule has 14 heteroatoms. The number of hydrogen-bond donors (Lipinski definition) is 4. The minimum Gasteiger partial charge on any atom is -0.432 e. The van der Waals surface area contributed by atoms with Gasteiger partial charge in [-0.1, -0.05) is 13.8 Å². The number of aromatic amines is 1. The van der Waals surface area contributed by atoms with Crippen LogP contribution in [-0.2, 0) is 25.3 Å². The van der Waals surface area contributed by atoms with Crippen LogP contribution in [0.25, 0.3) is 11.2 Å². The third-order valence-electron chi connectivity index (χ3n) is 5.17. The summed E-state index contributed by atoms with van der Waals surface area (Å²) in [5.74, 6) is -1.79. The van der Waals surface area contributed by atoms with Gasteiger partial charge < -0.3 is 34.3 Å². The Hall–Kier alpha value is -2.47. The van der Waals surface area contributed by atoms with Gasteiger partial charge in [0.25, 0.3) is 5.56 Å². The van der Waals surface area contributed by atoms with Crippen LogP contribution < -0.4 is 11.3 Å². The fraction of sp³-hybridized carbons (Fsp3) is 0.647. The van der Waals surface area contributed by atoms with Gasteiger partial charge in [-0.3, -0.25) is 14.3 Å². The Labute approximate surface area is 177 Å². The van der Waals surface area contributed by atoms with Crippen LogP contribution in [0.15, 0.2) is 11.1 Å². The van der Waals surface area contributed by atoms with Crippen molar-refractivity contribution in [2.24, 2.45) is 5.41 Å². The molecular weight excluding hydrogens is 433 g/mol. The number of rotatable bonds is 8. The summed E-state index contributed by atoms with van der Waals surface area (Å²) in [5.41, 5.74) is 3.92. The zero-order chi connectivity index (χ0) is 23.2. The zero-order valence-electron chi connectivity index (χ0n) is 17.6. The molecule has 1 fully saturated rings. The molecule has 0 aliphatic heterocycles. The van der Waals surface area contributed by atoms with Gasteiger partial charge in [0.2, 0.25) is 5.95 Å². The third-order valence-corrected chi connectivity index (χ3v) is 6.17. The number of anilines is 1. The lowest BCUT2D eigenvalue weighted by atomic mass is 10.1. The molecule has 2 aromatic heterocycles. The second-order valence-corrected chi connectivity index (χ2v) is 10.2. The van der Waals surface area contributed by atoms with Crippen molar-refractivity contribution in [3.63, 3.8) is 0 Å². The summed E-state index contributed by atoms with van der Waals surface area (Å²) in [6.45, 7) is 6.36. The quantitative estimate of drug-likeness (QED) is 0.324. The van der Waals surface area contributed by atoms with Crippen LogP contribution in [0.3, 0.4) is 0 Å². The molecule has 5 N–H and O–H groups in total. The highest BCUT2D eigenvalue weighted by molar-refractivity contribution is 7.52. The van der Waals surface area contributed by atoms with Crippen molar-refractivity contribution < 1.29 is 33.4 Å². The number of nitrogens with zero attached hydrogens (tertiary/aromatic N) is 3. The minimum atomic E-state index is -4.80. The fourth-order valence-corrected chi connectivity index (χ4v) is 3.97. The smallest absolute Gasteiger partial charge is 0.432 e. The van der Waals surface area contributed by atoms with Crippen LogP contribution in [0, 0.1) is 5.41 Å². The van der Waals surface area contributed by atoms with Gasteiger partial charge in [-0.2, -0.15) is 4.98 Å². The van der Waals surface area contributed by atoms with Crippen LogP contribution in [0.1, 0.15) is 34.1 Å². The van der Waals surface area contributed by atoms with E-state index in [-0.39, 0.29) is 23.7 Å². The highest BCUT2D eigenvalue weighted by Gasteiger charge is 2.65. The number of carbonyl (C=O) groups excluding carboxylic acids is 1. The molecule has 0 saturated heterocycles. The first-order chi connectivity index (χ1) is 14.2. The lowest BCUT2D eigenvalue weighted by Gasteiger charge is -2.28. The molecule has 3 rings (SSSR count).